The molecule has 114 valence electrons. The van der Waals surface area contributed by atoms with Gasteiger partial charge < -0.3 is 4.74 Å². The molecule has 2 aromatic heterocycles. The van der Waals surface area contributed by atoms with Crippen molar-refractivity contribution in [2.24, 2.45) is 7.05 Å². The number of aryl methyl sites for hydroxylation is 2. The number of nitrogens with zero attached hydrogens (tertiary/aromatic N) is 5. The maximum Gasteiger partial charge on any atom is 0.360 e. The number of carbonyl (C=O) groups excluding carboxylic acids is 1. The maximum absolute atomic E-state index is 11.7. The van der Waals surface area contributed by atoms with Gasteiger partial charge in [-0.15, -0.1) is 5.10 Å². The van der Waals surface area contributed by atoms with Crippen LogP contribution in [0.25, 0.3) is 0 Å². The third kappa shape index (κ3) is 2.99. The molecule has 0 atom stereocenters. The van der Waals surface area contributed by atoms with E-state index in [4.69, 9.17) is 4.74 Å². The highest BCUT2D eigenvalue weighted by Crippen LogP contribution is 2.22. The second kappa shape index (κ2) is 6.38. The predicted molar refractivity (Wildman–Crippen MR) is 80.1 cm³/mol. The Hall–Kier alpha value is -1.70. The summed E-state index contributed by atoms with van der Waals surface area (Å²) in [6, 6.07) is 0. The normalized spacial score (nSPS) is 10.9. The van der Waals surface area contributed by atoms with Gasteiger partial charge in [0.15, 0.2) is 5.69 Å². The van der Waals surface area contributed by atoms with Crippen LogP contribution in [0.1, 0.15) is 40.9 Å². The fourth-order valence-electron chi connectivity index (χ4n) is 2.19. The van der Waals surface area contributed by atoms with E-state index >= 15 is 0 Å². The van der Waals surface area contributed by atoms with Crippen LogP contribution in [-0.2, 0) is 24.8 Å². The summed E-state index contributed by atoms with van der Waals surface area (Å²) in [5, 5.41) is 12.4. The van der Waals surface area contributed by atoms with Crippen LogP contribution < -0.4 is 0 Å². The van der Waals surface area contributed by atoms with Crippen molar-refractivity contribution >= 4 is 21.9 Å². The first kappa shape index (κ1) is 15.7. The van der Waals surface area contributed by atoms with Gasteiger partial charge in [0.25, 0.3) is 0 Å². The number of rotatable bonds is 5. The maximum atomic E-state index is 11.7. The molecule has 0 radical (unpaired) electrons. The Kier molecular flexibility index (Phi) is 4.76. The highest BCUT2D eigenvalue weighted by molar-refractivity contribution is 9.10. The molecular weight excluding hydrogens is 338 g/mol. The molecule has 0 N–H and O–H groups in total. The standard InChI is InChI=1S/C13H18BrN5O2/c1-5-6-9-12(13(20)21-4)15-17-19(9)7-10-11(14)8(2)16-18(10)3/h5-7H2,1-4H3. The summed E-state index contributed by atoms with van der Waals surface area (Å²) in [6.07, 6.45) is 1.61. The first-order valence-corrected chi connectivity index (χ1v) is 7.47. The summed E-state index contributed by atoms with van der Waals surface area (Å²) in [7, 11) is 3.23. The van der Waals surface area contributed by atoms with E-state index in [2.05, 4.69) is 31.3 Å². The molecule has 0 aliphatic rings. The molecule has 0 amide bonds. The molecule has 0 saturated carbocycles. The Labute approximate surface area is 131 Å². The highest BCUT2D eigenvalue weighted by atomic mass is 79.9. The topological polar surface area (TPSA) is 74.8 Å². The molecule has 7 nitrogen and oxygen atoms in total. The molecule has 0 bridgehead atoms. The van der Waals surface area contributed by atoms with Crippen LogP contribution >= 0.6 is 15.9 Å². The Morgan fingerprint density at radius 1 is 1.38 bits per heavy atom. The third-order valence-corrected chi connectivity index (χ3v) is 4.30. The van der Waals surface area contributed by atoms with Gasteiger partial charge >= 0.3 is 5.97 Å². The number of hydrogen-bond acceptors (Lipinski definition) is 5. The zero-order chi connectivity index (χ0) is 15.6. The van der Waals surface area contributed by atoms with Crippen LogP contribution in [0.3, 0.4) is 0 Å². The zero-order valence-corrected chi connectivity index (χ0v) is 14.1. The third-order valence-electron chi connectivity index (χ3n) is 3.26. The van der Waals surface area contributed by atoms with Crippen LogP contribution in [-0.4, -0.2) is 37.9 Å². The molecule has 0 spiro atoms. The Morgan fingerprint density at radius 3 is 2.62 bits per heavy atom. The minimum atomic E-state index is -0.454. The van der Waals surface area contributed by atoms with E-state index in [1.54, 1.807) is 9.36 Å². The molecule has 2 aromatic rings. The Balaban J connectivity index is 2.40. The summed E-state index contributed by atoms with van der Waals surface area (Å²) in [5.74, 6) is -0.454. The van der Waals surface area contributed by atoms with Crippen molar-refractivity contribution in [3.05, 3.63) is 27.2 Å². The summed E-state index contributed by atoms with van der Waals surface area (Å²) in [6.45, 7) is 4.47. The number of ether oxygens (including phenoxy) is 1. The second-order valence-corrected chi connectivity index (χ2v) is 5.55. The summed E-state index contributed by atoms with van der Waals surface area (Å²) < 4.78 is 9.24. The fraction of sp³-hybridized carbons (Fsp3) is 0.538. The van der Waals surface area contributed by atoms with Crippen LogP contribution in [0.15, 0.2) is 4.47 Å². The fourth-order valence-corrected chi connectivity index (χ4v) is 2.65. The van der Waals surface area contributed by atoms with E-state index in [1.165, 1.54) is 7.11 Å². The lowest BCUT2D eigenvalue weighted by molar-refractivity contribution is 0.0592. The van der Waals surface area contributed by atoms with Crippen LogP contribution in [0.4, 0.5) is 0 Å². The average molecular weight is 356 g/mol. The lowest BCUT2D eigenvalue weighted by Gasteiger charge is -2.07. The van der Waals surface area contributed by atoms with Gasteiger partial charge in [0.2, 0.25) is 0 Å². The SMILES string of the molecule is CCCc1c(C(=O)OC)nnn1Cc1c(Br)c(C)nn1C. The molecule has 21 heavy (non-hydrogen) atoms. The monoisotopic (exact) mass is 355 g/mol. The van der Waals surface area contributed by atoms with Crippen molar-refractivity contribution in [3.8, 4) is 0 Å². The molecule has 8 heteroatoms. The highest BCUT2D eigenvalue weighted by Gasteiger charge is 2.21. The summed E-state index contributed by atoms with van der Waals surface area (Å²) in [5.41, 5.74) is 2.97. The lowest BCUT2D eigenvalue weighted by Crippen LogP contribution is -2.12. The minimum absolute atomic E-state index is 0.286. The molecule has 0 aliphatic heterocycles. The summed E-state index contributed by atoms with van der Waals surface area (Å²) in [4.78, 5) is 11.7. The smallest absolute Gasteiger partial charge is 0.360 e. The number of hydrogen-bond donors (Lipinski definition) is 0. The van der Waals surface area contributed by atoms with E-state index < -0.39 is 5.97 Å². The van der Waals surface area contributed by atoms with E-state index in [-0.39, 0.29) is 5.69 Å². The van der Waals surface area contributed by atoms with E-state index in [1.807, 2.05) is 20.9 Å². The van der Waals surface area contributed by atoms with Crippen molar-refractivity contribution in [1.29, 1.82) is 0 Å². The molecule has 2 heterocycles. The first-order valence-electron chi connectivity index (χ1n) is 6.68. The van der Waals surface area contributed by atoms with Crippen molar-refractivity contribution in [1.82, 2.24) is 24.8 Å². The van der Waals surface area contributed by atoms with Crippen LogP contribution in [0.5, 0.6) is 0 Å². The van der Waals surface area contributed by atoms with Gasteiger partial charge in [-0.2, -0.15) is 5.10 Å². The van der Waals surface area contributed by atoms with E-state index in [9.17, 15) is 4.79 Å². The molecule has 2 rings (SSSR count). The van der Waals surface area contributed by atoms with Gasteiger partial charge in [-0.05, 0) is 29.3 Å². The van der Waals surface area contributed by atoms with Gasteiger partial charge in [0.05, 0.1) is 35.2 Å². The second-order valence-electron chi connectivity index (χ2n) is 4.75. The quantitative estimate of drug-likeness (QED) is 0.765. The van der Waals surface area contributed by atoms with Gasteiger partial charge in [-0.1, -0.05) is 18.6 Å². The largest absolute Gasteiger partial charge is 0.464 e. The van der Waals surface area contributed by atoms with Crippen LogP contribution in [0.2, 0.25) is 0 Å². The number of carbonyl (C=O) groups is 1. The van der Waals surface area contributed by atoms with Gasteiger partial charge in [-0.25, -0.2) is 9.48 Å². The Morgan fingerprint density at radius 2 is 2.10 bits per heavy atom. The molecule has 0 fully saturated rings. The molecule has 0 aliphatic carbocycles. The van der Waals surface area contributed by atoms with Crippen molar-refractivity contribution in [2.75, 3.05) is 7.11 Å². The van der Waals surface area contributed by atoms with Gasteiger partial charge in [0, 0.05) is 7.05 Å². The molecule has 0 saturated heterocycles. The number of aromatic nitrogens is 5. The molecular formula is C13H18BrN5O2. The summed E-state index contributed by atoms with van der Waals surface area (Å²) >= 11 is 3.53. The van der Waals surface area contributed by atoms with Crippen molar-refractivity contribution < 1.29 is 9.53 Å². The Bertz CT molecular complexity index is 662. The molecule has 0 aromatic carbocycles. The van der Waals surface area contributed by atoms with Crippen LogP contribution in [0, 0.1) is 6.92 Å². The average Bonchev–Trinajstić information content (AvgIpc) is 2.95. The van der Waals surface area contributed by atoms with Crippen molar-refractivity contribution in [3.63, 3.8) is 0 Å². The minimum Gasteiger partial charge on any atom is -0.464 e. The number of halogens is 1. The predicted octanol–water partition coefficient (Wildman–Crippen LogP) is 1.87. The zero-order valence-electron chi connectivity index (χ0n) is 12.6. The van der Waals surface area contributed by atoms with Gasteiger partial charge in [-0.3, -0.25) is 4.68 Å². The van der Waals surface area contributed by atoms with Gasteiger partial charge in [0.1, 0.15) is 0 Å². The first-order chi connectivity index (χ1) is 9.99. The van der Waals surface area contributed by atoms with E-state index in [0.29, 0.717) is 13.0 Å². The number of esters is 1. The lowest BCUT2D eigenvalue weighted by atomic mass is 10.2. The van der Waals surface area contributed by atoms with E-state index in [0.717, 1.165) is 28.0 Å². The molecule has 0 unspecified atom stereocenters. The van der Waals surface area contributed by atoms with Crippen molar-refractivity contribution in [2.45, 2.75) is 33.2 Å². The number of methoxy groups -OCH3 is 1.